The molecule has 21 heavy (non-hydrogen) atoms. The van der Waals surface area contributed by atoms with Gasteiger partial charge in [-0.3, -0.25) is 4.79 Å². The molecule has 0 radical (unpaired) electrons. The third-order valence-electron chi connectivity index (χ3n) is 3.19. The highest BCUT2D eigenvalue weighted by atomic mass is 79.9. The summed E-state index contributed by atoms with van der Waals surface area (Å²) < 4.78 is 5.91. The van der Waals surface area contributed by atoms with Crippen LogP contribution in [0.1, 0.15) is 22.3 Å². The highest BCUT2D eigenvalue weighted by molar-refractivity contribution is 9.10. The van der Waals surface area contributed by atoms with Gasteiger partial charge < -0.3 is 10.1 Å². The number of carbonyl (C=O) groups excluding carboxylic acids is 1. The van der Waals surface area contributed by atoms with Crippen molar-refractivity contribution in [3.8, 4) is 5.75 Å². The number of hydrogen-bond acceptors (Lipinski definition) is 2. The van der Waals surface area contributed by atoms with Crippen LogP contribution in [0.2, 0.25) is 0 Å². The number of benzene rings is 2. The molecule has 0 aromatic heterocycles. The van der Waals surface area contributed by atoms with Gasteiger partial charge in [0.05, 0.1) is 12.7 Å². The molecule has 0 spiro atoms. The van der Waals surface area contributed by atoms with Crippen LogP contribution in [0, 0.1) is 0 Å². The largest absolute Gasteiger partial charge is 0.497 e. The number of nitrogens with one attached hydrogen (secondary N) is 1. The first-order valence-corrected chi connectivity index (χ1v) is 7.65. The standard InChI is InChI=1S/C17H18BrNO2/c1-21-14-9-10-16(18)15(12-14)17(20)19-11-5-8-13-6-3-2-4-7-13/h2-4,6-7,9-10,12H,5,8,11H2,1H3,(H,19,20). The summed E-state index contributed by atoms with van der Waals surface area (Å²) in [5, 5.41) is 2.94. The number of aryl methyl sites for hydroxylation is 1. The van der Waals surface area contributed by atoms with Crippen LogP contribution in [0.3, 0.4) is 0 Å². The first-order chi connectivity index (χ1) is 10.2. The molecule has 0 aliphatic heterocycles. The molecule has 1 N–H and O–H groups in total. The number of halogens is 1. The Hall–Kier alpha value is -1.81. The van der Waals surface area contributed by atoms with E-state index in [2.05, 4.69) is 33.4 Å². The van der Waals surface area contributed by atoms with Gasteiger partial charge in [0.1, 0.15) is 5.75 Å². The lowest BCUT2D eigenvalue weighted by atomic mass is 10.1. The summed E-state index contributed by atoms with van der Waals surface area (Å²) >= 11 is 3.39. The molecule has 2 rings (SSSR count). The summed E-state index contributed by atoms with van der Waals surface area (Å²) in [7, 11) is 1.59. The van der Waals surface area contributed by atoms with Gasteiger partial charge in [-0.05, 0) is 52.5 Å². The topological polar surface area (TPSA) is 38.3 Å². The zero-order chi connectivity index (χ0) is 15.1. The first-order valence-electron chi connectivity index (χ1n) is 6.86. The summed E-state index contributed by atoms with van der Waals surface area (Å²) in [5.41, 5.74) is 1.88. The number of ether oxygens (including phenoxy) is 1. The number of hydrogen-bond donors (Lipinski definition) is 1. The average molecular weight is 348 g/mol. The van der Waals surface area contributed by atoms with Crippen molar-refractivity contribution in [2.75, 3.05) is 13.7 Å². The van der Waals surface area contributed by atoms with Gasteiger partial charge in [-0.2, -0.15) is 0 Å². The molecule has 2 aromatic rings. The van der Waals surface area contributed by atoms with Gasteiger partial charge in [0.2, 0.25) is 0 Å². The maximum Gasteiger partial charge on any atom is 0.252 e. The van der Waals surface area contributed by atoms with Crippen molar-refractivity contribution in [2.45, 2.75) is 12.8 Å². The molecule has 0 aliphatic rings. The van der Waals surface area contributed by atoms with Crippen LogP contribution in [0.4, 0.5) is 0 Å². The van der Waals surface area contributed by atoms with Crippen LogP contribution in [0.5, 0.6) is 5.75 Å². The second kappa shape index (κ2) is 7.84. The molecule has 2 aromatic carbocycles. The SMILES string of the molecule is COc1ccc(Br)c(C(=O)NCCCc2ccccc2)c1. The monoisotopic (exact) mass is 347 g/mol. The van der Waals surface area contributed by atoms with Crippen molar-refractivity contribution in [3.63, 3.8) is 0 Å². The van der Waals surface area contributed by atoms with E-state index in [-0.39, 0.29) is 5.91 Å². The second-order valence-electron chi connectivity index (χ2n) is 4.69. The normalized spacial score (nSPS) is 10.2. The number of carbonyl (C=O) groups is 1. The van der Waals surface area contributed by atoms with Crippen LogP contribution in [-0.2, 0) is 6.42 Å². The van der Waals surface area contributed by atoms with Crippen molar-refractivity contribution < 1.29 is 9.53 Å². The van der Waals surface area contributed by atoms with E-state index in [1.165, 1.54) is 5.56 Å². The Balaban J connectivity index is 1.84. The summed E-state index contributed by atoms with van der Waals surface area (Å²) in [6, 6.07) is 15.6. The Morgan fingerprint density at radius 3 is 2.67 bits per heavy atom. The van der Waals surface area contributed by atoms with Crippen LogP contribution >= 0.6 is 15.9 Å². The average Bonchev–Trinajstić information content (AvgIpc) is 2.53. The maximum absolute atomic E-state index is 12.1. The number of amides is 1. The van der Waals surface area contributed by atoms with E-state index in [9.17, 15) is 4.79 Å². The summed E-state index contributed by atoms with van der Waals surface area (Å²) in [6.07, 6.45) is 1.87. The van der Waals surface area contributed by atoms with Gasteiger partial charge in [-0.25, -0.2) is 0 Å². The van der Waals surface area contributed by atoms with Gasteiger partial charge in [0.15, 0.2) is 0 Å². The third-order valence-corrected chi connectivity index (χ3v) is 3.88. The smallest absolute Gasteiger partial charge is 0.252 e. The Kier molecular flexibility index (Phi) is 5.81. The summed E-state index contributed by atoms with van der Waals surface area (Å²) in [5.74, 6) is 0.585. The first kappa shape index (κ1) is 15.6. The molecular formula is C17H18BrNO2. The number of methoxy groups -OCH3 is 1. The minimum absolute atomic E-state index is 0.0890. The highest BCUT2D eigenvalue weighted by Crippen LogP contribution is 2.22. The van der Waals surface area contributed by atoms with Crippen LogP contribution in [-0.4, -0.2) is 19.6 Å². The van der Waals surface area contributed by atoms with Gasteiger partial charge in [-0.1, -0.05) is 30.3 Å². The lowest BCUT2D eigenvalue weighted by Crippen LogP contribution is -2.25. The molecule has 0 saturated heterocycles. The molecule has 4 heteroatoms. The van der Waals surface area contributed by atoms with Crippen molar-refractivity contribution in [1.82, 2.24) is 5.32 Å². The fraction of sp³-hybridized carbons (Fsp3) is 0.235. The van der Waals surface area contributed by atoms with Crippen molar-refractivity contribution >= 4 is 21.8 Å². The van der Waals surface area contributed by atoms with E-state index in [0.29, 0.717) is 17.9 Å². The lowest BCUT2D eigenvalue weighted by Gasteiger charge is -2.08. The molecule has 1 amide bonds. The Bertz CT molecular complexity index is 599. The molecule has 0 atom stereocenters. The Morgan fingerprint density at radius 1 is 1.19 bits per heavy atom. The number of rotatable bonds is 6. The van der Waals surface area contributed by atoms with E-state index in [0.717, 1.165) is 17.3 Å². The molecule has 0 aliphatic carbocycles. The maximum atomic E-state index is 12.1. The fourth-order valence-corrected chi connectivity index (χ4v) is 2.47. The molecular weight excluding hydrogens is 330 g/mol. The second-order valence-corrected chi connectivity index (χ2v) is 5.55. The summed E-state index contributed by atoms with van der Waals surface area (Å²) in [6.45, 7) is 0.650. The van der Waals surface area contributed by atoms with Crippen LogP contribution in [0.25, 0.3) is 0 Å². The molecule has 3 nitrogen and oxygen atoms in total. The van der Waals surface area contributed by atoms with E-state index < -0.39 is 0 Å². The minimum atomic E-state index is -0.0890. The van der Waals surface area contributed by atoms with Gasteiger partial charge >= 0.3 is 0 Å². The quantitative estimate of drug-likeness (QED) is 0.806. The fourth-order valence-electron chi connectivity index (χ4n) is 2.04. The van der Waals surface area contributed by atoms with E-state index in [4.69, 9.17) is 4.74 Å². The third kappa shape index (κ3) is 4.60. The molecule has 0 heterocycles. The molecule has 0 saturated carbocycles. The van der Waals surface area contributed by atoms with Crippen LogP contribution in [0.15, 0.2) is 53.0 Å². The van der Waals surface area contributed by atoms with Crippen molar-refractivity contribution in [1.29, 1.82) is 0 Å². The van der Waals surface area contributed by atoms with E-state index in [1.807, 2.05) is 30.3 Å². The van der Waals surface area contributed by atoms with E-state index >= 15 is 0 Å². The van der Waals surface area contributed by atoms with Gasteiger partial charge in [-0.15, -0.1) is 0 Å². The Morgan fingerprint density at radius 2 is 1.95 bits per heavy atom. The lowest BCUT2D eigenvalue weighted by molar-refractivity contribution is 0.0952. The predicted molar refractivity (Wildman–Crippen MR) is 87.8 cm³/mol. The Labute approximate surface area is 133 Å². The zero-order valence-electron chi connectivity index (χ0n) is 11.9. The zero-order valence-corrected chi connectivity index (χ0v) is 13.5. The van der Waals surface area contributed by atoms with Gasteiger partial charge in [0, 0.05) is 11.0 Å². The van der Waals surface area contributed by atoms with Crippen molar-refractivity contribution in [2.24, 2.45) is 0 Å². The molecule has 110 valence electrons. The minimum Gasteiger partial charge on any atom is -0.497 e. The molecule has 0 unspecified atom stereocenters. The predicted octanol–water partition coefficient (Wildman–Crippen LogP) is 3.82. The van der Waals surface area contributed by atoms with Crippen LogP contribution < -0.4 is 10.1 Å². The van der Waals surface area contributed by atoms with Crippen molar-refractivity contribution in [3.05, 3.63) is 64.1 Å². The summed E-state index contributed by atoms with van der Waals surface area (Å²) in [4.78, 5) is 12.1. The van der Waals surface area contributed by atoms with Gasteiger partial charge in [0.25, 0.3) is 5.91 Å². The molecule has 0 fully saturated rings. The molecule has 0 bridgehead atoms. The highest BCUT2D eigenvalue weighted by Gasteiger charge is 2.10. The van der Waals surface area contributed by atoms with E-state index in [1.54, 1.807) is 13.2 Å².